The van der Waals surface area contributed by atoms with Crippen molar-refractivity contribution >= 4 is 35.0 Å². The Kier molecular flexibility index (Phi) is 6.41. The number of nitrogens with zero attached hydrogens (tertiary/aromatic N) is 2. The summed E-state index contributed by atoms with van der Waals surface area (Å²) in [6.45, 7) is 2.35. The molecule has 1 aliphatic rings. The first kappa shape index (κ1) is 20.0. The molecule has 1 aliphatic heterocycles. The summed E-state index contributed by atoms with van der Waals surface area (Å²) in [5.74, 6) is 1.36. The van der Waals surface area contributed by atoms with Crippen molar-refractivity contribution in [2.75, 3.05) is 36.7 Å². The summed E-state index contributed by atoms with van der Waals surface area (Å²) in [6, 6.07) is 8.95. The van der Waals surface area contributed by atoms with Crippen molar-refractivity contribution in [3.05, 3.63) is 36.5 Å². The third-order valence-electron chi connectivity index (χ3n) is 4.47. The number of rotatable bonds is 7. The fourth-order valence-corrected chi connectivity index (χ4v) is 3.64. The standard InChI is InChI=1S/C20H23N3O4S/c1-4-28-18-8-5-14(11-21-18)22-20(25)13-9-19(24)23(12-13)16-7-6-15(26-2)10-17(16)27-3/h5-8,10-11,13H,4,9,12H2,1-3H3,(H,22,25). The normalized spacial score (nSPS) is 16.2. The monoisotopic (exact) mass is 401 g/mol. The molecule has 8 heteroatoms. The number of pyridine rings is 1. The SMILES string of the molecule is CCSc1ccc(NC(=O)C2CC(=O)N(c3ccc(OC)cc3OC)C2)cn1. The molecule has 0 radical (unpaired) electrons. The van der Waals surface area contributed by atoms with Gasteiger partial charge in [0.15, 0.2) is 0 Å². The number of ether oxygens (including phenoxy) is 2. The van der Waals surface area contributed by atoms with Crippen LogP contribution < -0.4 is 19.7 Å². The van der Waals surface area contributed by atoms with E-state index in [2.05, 4.69) is 17.2 Å². The predicted molar refractivity (Wildman–Crippen MR) is 109 cm³/mol. The zero-order chi connectivity index (χ0) is 20.1. The molecule has 1 fully saturated rings. The maximum absolute atomic E-state index is 12.6. The van der Waals surface area contributed by atoms with Crippen LogP contribution in [0.1, 0.15) is 13.3 Å². The molecule has 0 bridgehead atoms. The van der Waals surface area contributed by atoms with Crippen LogP contribution in [0.15, 0.2) is 41.6 Å². The van der Waals surface area contributed by atoms with Gasteiger partial charge in [-0.2, -0.15) is 0 Å². The third kappa shape index (κ3) is 4.39. The number of aromatic nitrogens is 1. The fraction of sp³-hybridized carbons (Fsp3) is 0.350. The van der Waals surface area contributed by atoms with Crippen LogP contribution in [0.4, 0.5) is 11.4 Å². The van der Waals surface area contributed by atoms with Crippen LogP contribution in [0.3, 0.4) is 0 Å². The smallest absolute Gasteiger partial charge is 0.229 e. The van der Waals surface area contributed by atoms with E-state index < -0.39 is 5.92 Å². The Morgan fingerprint density at radius 1 is 1.29 bits per heavy atom. The lowest BCUT2D eigenvalue weighted by Crippen LogP contribution is -2.28. The number of thioether (sulfide) groups is 1. The van der Waals surface area contributed by atoms with Crippen LogP contribution in [0.25, 0.3) is 0 Å². The van der Waals surface area contributed by atoms with Gasteiger partial charge in [-0.3, -0.25) is 9.59 Å². The Morgan fingerprint density at radius 2 is 2.11 bits per heavy atom. The molecular weight excluding hydrogens is 378 g/mol. The Labute approximate surface area is 168 Å². The second-order valence-corrected chi connectivity index (χ2v) is 7.53. The largest absolute Gasteiger partial charge is 0.497 e. The van der Waals surface area contributed by atoms with Gasteiger partial charge in [-0.05, 0) is 30.0 Å². The highest BCUT2D eigenvalue weighted by Crippen LogP contribution is 2.36. The fourth-order valence-electron chi connectivity index (χ4n) is 3.06. The summed E-state index contributed by atoms with van der Waals surface area (Å²) in [6.07, 6.45) is 1.79. The van der Waals surface area contributed by atoms with Gasteiger partial charge in [-0.15, -0.1) is 11.8 Å². The number of nitrogens with one attached hydrogen (secondary N) is 1. The summed E-state index contributed by atoms with van der Waals surface area (Å²) in [5.41, 5.74) is 1.25. The quantitative estimate of drug-likeness (QED) is 0.718. The molecule has 1 aromatic carbocycles. The molecule has 3 rings (SSSR count). The molecule has 1 N–H and O–H groups in total. The zero-order valence-corrected chi connectivity index (χ0v) is 16.9. The number of hydrogen-bond acceptors (Lipinski definition) is 6. The van der Waals surface area contributed by atoms with Gasteiger partial charge in [0.1, 0.15) is 11.5 Å². The van der Waals surface area contributed by atoms with E-state index in [-0.39, 0.29) is 18.2 Å². The lowest BCUT2D eigenvalue weighted by atomic mass is 10.1. The Bertz CT molecular complexity index is 857. The van der Waals surface area contributed by atoms with E-state index in [4.69, 9.17) is 9.47 Å². The molecule has 148 valence electrons. The lowest BCUT2D eigenvalue weighted by molar-refractivity contribution is -0.122. The van der Waals surface area contributed by atoms with Crippen molar-refractivity contribution in [3.63, 3.8) is 0 Å². The molecule has 1 atom stereocenters. The molecule has 1 aromatic heterocycles. The molecule has 0 spiro atoms. The van der Waals surface area contributed by atoms with E-state index in [1.165, 1.54) is 7.11 Å². The van der Waals surface area contributed by atoms with Gasteiger partial charge in [0, 0.05) is 19.0 Å². The Hall–Kier alpha value is -2.74. The second kappa shape index (κ2) is 8.97. The summed E-state index contributed by atoms with van der Waals surface area (Å²) in [5, 5.41) is 3.76. The Morgan fingerprint density at radius 3 is 2.75 bits per heavy atom. The molecule has 1 unspecified atom stereocenters. The number of methoxy groups -OCH3 is 2. The summed E-state index contributed by atoms with van der Waals surface area (Å²) in [4.78, 5) is 31.0. The van der Waals surface area contributed by atoms with Crippen molar-refractivity contribution < 1.29 is 19.1 Å². The molecular formula is C20H23N3O4S. The van der Waals surface area contributed by atoms with E-state index in [0.29, 0.717) is 29.4 Å². The third-order valence-corrected chi connectivity index (χ3v) is 5.30. The first-order valence-electron chi connectivity index (χ1n) is 8.97. The molecule has 2 heterocycles. The molecule has 7 nitrogen and oxygen atoms in total. The molecule has 0 saturated carbocycles. The number of benzene rings is 1. The van der Waals surface area contributed by atoms with E-state index >= 15 is 0 Å². The molecule has 28 heavy (non-hydrogen) atoms. The maximum Gasteiger partial charge on any atom is 0.229 e. The van der Waals surface area contributed by atoms with Crippen molar-refractivity contribution in [2.24, 2.45) is 5.92 Å². The van der Waals surface area contributed by atoms with Gasteiger partial charge in [-0.1, -0.05) is 6.92 Å². The number of hydrogen-bond donors (Lipinski definition) is 1. The minimum Gasteiger partial charge on any atom is -0.497 e. The highest BCUT2D eigenvalue weighted by Gasteiger charge is 2.36. The van der Waals surface area contributed by atoms with Crippen molar-refractivity contribution in [1.29, 1.82) is 0 Å². The predicted octanol–water partition coefficient (Wildman–Crippen LogP) is 3.20. The van der Waals surface area contributed by atoms with Gasteiger partial charge < -0.3 is 19.7 Å². The van der Waals surface area contributed by atoms with E-state index in [1.54, 1.807) is 48.2 Å². The maximum atomic E-state index is 12.6. The second-order valence-electron chi connectivity index (χ2n) is 6.25. The summed E-state index contributed by atoms with van der Waals surface area (Å²) in [7, 11) is 3.11. The average molecular weight is 401 g/mol. The van der Waals surface area contributed by atoms with Gasteiger partial charge in [-0.25, -0.2) is 4.98 Å². The highest BCUT2D eigenvalue weighted by molar-refractivity contribution is 7.99. The van der Waals surface area contributed by atoms with Crippen LogP contribution in [0.5, 0.6) is 11.5 Å². The van der Waals surface area contributed by atoms with Crippen molar-refractivity contribution in [2.45, 2.75) is 18.4 Å². The summed E-state index contributed by atoms with van der Waals surface area (Å²) < 4.78 is 10.6. The van der Waals surface area contributed by atoms with Crippen LogP contribution in [0, 0.1) is 5.92 Å². The van der Waals surface area contributed by atoms with E-state index in [1.807, 2.05) is 12.1 Å². The van der Waals surface area contributed by atoms with Crippen molar-refractivity contribution in [1.82, 2.24) is 4.98 Å². The van der Waals surface area contributed by atoms with Crippen molar-refractivity contribution in [3.8, 4) is 11.5 Å². The Balaban J connectivity index is 1.69. The average Bonchev–Trinajstić information content (AvgIpc) is 3.10. The number of carbonyl (C=O) groups excluding carboxylic acids is 2. The number of anilines is 2. The lowest BCUT2D eigenvalue weighted by Gasteiger charge is -2.20. The number of amides is 2. The first-order valence-corrected chi connectivity index (χ1v) is 9.96. The van der Waals surface area contributed by atoms with Gasteiger partial charge in [0.05, 0.1) is 42.7 Å². The van der Waals surface area contributed by atoms with E-state index in [9.17, 15) is 9.59 Å². The highest BCUT2D eigenvalue weighted by atomic mass is 32.2. The topological polar surface area (TPSA) is 80.8 Å². The molecule has 0 aliphatic carbocycles. The van der Waals surface area contributed by atoms with Crippen LogP contribution >= 0.6 is 11.8 Å². The number of carbonyl (C=O) groups is 2. The van der Waals surface area contributed by atoms with E-state index in [0.717, 1.165) is 10.8 Å². The minimum atomic E-state index is -0.441. The van der Waals surface area contributed by atoms with Crippen LogP contribution in [-0.4, -0.2) is 43.3 Å². The first-order chi connectivity index (χ1) is 13.5. The molecule has 2 amide bonds. The van der Waals surface area contributed by atoms with Crippen LogP contribution in [0.2, 0.25) is 0 Å². The van der Waals surface area contributed by atoms with Crippen LogP contribution in [-0.2, 0) is 9.59 Å². The summed E-state index contributed by atoms with van der Waals surface area (Å²) >= 11 is 1.64. The van der Waals surface area contributed by atoms with Gasteiger partial charge in [0.25, 0.3) is 0 Å². The molecule has 1 saturated heterocycles. The molecule has 2 aromatic rings. The zero-order valence-electron chi connectivity index (χ0n) is 16.1. The minimum absolute atomic E-state index is 0.114. The van der Waals surface area contributed by atoms with Gasteiger partial charge >= 0.3 is 0 Å². The van der Waals surface area contributed by atoms with Gasteiger partial charge in [0.2, 0.25) is 11.8 Å².